The molecule has 2 aromatic heterocycles. The molecule has 5 rings (SSSR count). The molecular weight excluding hydrogens is 319 g/mol. The molecule has 0 atom stereocenters. The Hall–Kier alpha value is -2.63. The summed E-state index contributed by atoms with van der Waals surface area (Å²) in [5.74, 6) is 1.86. The Balaban J connectivity index is 1.50. The minimum atomic E-state index is -0.204. The van der Waals surface area contributed by atoms with E-state index in [0.717, 1.165) is 29.1 Å². The SMILES string of the molecule is Cc1cn2c(NCc3c(F)ccc4c3CCO4)ncc(C3CC3)c2n1. The van der Waals surface area contributed by atoms with Gasteiger partial charge in [-0.15, -0.1) is 0 Å². The summed E-state index contributed by atoms with van der Waals surface area (Å²) in [5.41, 5.74) is 4.74. The lowest BCUT2D eigenvalue weighted by Gasteiger charge is -2.12. The van der Waals surface area contributed by atoms with Crippen LogP contribution in [-0.4, -0.2) is 21.0 Å². The van der Waals surface area contributed by atoms with Gasteiger partial charge in [0.25, 0.3) is 0 Å². The molecule has 1 N–H and O–H groups in total. The van der Waals surface area contributed by atoms with Crippen LogP contribution in [0.25, 0.3) is 5.65 Å². The zero-order valence-electron chi connectivity index (χ0n) is 14.1. The van der Waals surface area contributed by atoms with E-state index < -0.39 is 0 Å². The van der Waals surface area contributed by atoms with Gasteiger partial charge in [0.05, 0.1) is 12.3 Å². The molecule has 0 amide bonds. The van der Waals surface area contributed by atoms with Crippen LogP contribution in [0.15, 0.2) is 24.5 Å². The van der Waals surface area contributed by atoms with Crippen LogP contribution >= 0.6 is 0 Å². The van der Waals surface area contributed by atoms with Gasteiger partial charge in [0.1, 0.15) is 17.2 Å². The second-order valence-corrected chi connectivity index (χ2v) is 6.84. The molecule has 25 heavy (non-hydrogen) atoms. The summed E-state index contributed by atoms with van der Waals surface area (Å²) >= 11 is 0. The van der Waals surface area contributed by atoms with Crippen molar-refractivity contribution in [2.75, 3.05) is 11.9 Å². The molecule has 5 nitrogen and oxygen atoms in total. The molecule has 0 bridgehead atoms. The second-order valence-electron chi connectivity index (χ2n) is 6.84. The first-order chi connectivity index (χ1) is 12.2. The number of benzene rings is 1. The Morgan fingerprint density at radius 3 is 3.08 bits per heavy atom. The summed E-state index contributed by atoms with van der Waals surface area (Å²) in [6, 6.07) is 3.18. The van der Waals surface area contributed by atoms with Crippen LogP contribution in [0.3, 0.4) is 0 Å². The van der Waals surface area contributed by atoms with E-state index >= 15 is 0 Å². The van der Waals surface area contributed by atoms with E-state index in [4.69, 9.17) is 4.74 Å². The summed E-state index contributed by atoms with van der Waals surface area (Å²) in [6.07, 6.45) is 7.05. The predicted molar refractivity (Wildman–Crippen MR) is 92.6 cm³/mol. The Kier molecular flexibility index (Phi) is 3.20. The molecule has 6 heteroatoms. The lowest BCUT2D eigenvalue weighted by Crippen LogP contribution is -2.10. The van der Waals surface area contributed by atoms with Crippen LogP contribution in [0.5, 0.6) is 5.75 Å². The zero-order chi connectivity index (χ0) is 17.0. The Labute approximate surface area is 144 Å². The van der Waals surface area contributed by atoms with Gasteiger partial charge in [-0.2, -0.15) is 0 Å². The van der Waals surface area contributed by atoms with Crippen LogP contribution in [0, 0.1) is 12.7 Å². The molecular formula is C19H19FN4O. The van der Waals surface area contributed by atoms with E-state index in [1.165, 1.54) is 24.5 Å². The maximum Gasteiger partial charge on any atom is 0.208 e. The fourth-order valence-corrected chi connectivity index (χ4v) is 3.60. The number of rotatable bonds is 4. The van der Waals surface area contributed by atoms with Crippen molar-refractivity contribution in [3.05, 3.63) is 52.7 Å². The number of nitrogens with one attached hydrogen (secondary N) is 1. The van der Waals surface area contributed by atoms with Crippen molar-refractivity contribution in [3.8, 4) is 5.75 Å². The van der Waals surface area contributed by atoms with E-state index in [2.05, 4.69) is 15.3 Å². The largest absolute Gasteiger partial charge is 0.493 e. The Morgan fingerprint density at radius 2 is 2.24 bits per heavy atom. The van der Waals surface area contributed by atoms with Crippen LogP contribution < -0.4 is 10.1 Å². The van der Waals surface area contributed by atoms with Gasteiger partial charge in [-0.3, -0.25) is 4.40 Å². The fraction of sp³-hybridized carbons (Fsp3) is 0.368. The maximum atomic E-state index is 14.3. The first-order valence-electron chi connectivity index (χ1n) is 8.72. The van der Waals surface area contributed by atoms with Crippen molar-refractivity contribution >= 4 is 11.6 Å². The number of nitrogens with zero attached hydrogens (tertiary/aromatic N) is 3. The van der Waals surface area contributed by atoms with E-state index in [0.29, 0.717) is 30.6 Å². The van der Waals surface area contributed by atoms with Gasteiger partial charge >= 0.3 is 0 Å². The first kappa shape index (κ1) is 14.7. The summed E-state index contributed by atoms with van der Waals surface area (Å²) in [5, 5.41) is 3.29. The number of fused-ring (bicyclic) bond motifs is 2. The molecule has 1 aliphatic carbocycles. The normalized spacial score (nSPS) is 16.1. The number of hydrogen-bond acceptors (Lipinski definition) is 4. The van der Waals surface area contributed by atoms with Gasteiger partial charge < -0.3 is 10.1 Å². The average molecular weight is 338 g/mol. The molecule has 0 unspecified atom stereocenters. The summed E-state index contributed by atoms with van der Waals surface area (Å²) < 4.78 is 21.8. The zero-order valence-corrected chi connectivity index (χ0v) is 14.1. The van der Waals surface area contributed by atoms with Gasteiger partial charge in [0.2, 0.25) is 5.95 Å². The van der Waals surface area contributed by atoms with Crippen molar-refractivity contribution in [1.82, 2.24) is 14.4 Å². The second kappa shape index (κ2) is 5.44. The third kappa shape index (κ3) is 2.44. The smallest absolute Gasteiger partial charge is 0.208 e. The molecule has 1 fully saturated rings. The monoisotopic (exact) mass is 338 g/mol. The number of ether oxygens (including phenoxy) is 1. The van der Waals surface area contributed by atoms with Gasteiger partial charge in [-0.1, -0.05) is 0 Å². The average Bonchev–Trinajstić information content (AvgIpc) is 3.19. The Bertz CT molecular complexity index is 977. The van der Waals surface area contributed by atoms with E-state index in [9.17, 15) is 4.39 Å². The van der Waals surface area contributed by atoms with Gasteiger partial charge in [0.15, 0.2) is 0 Å². The van der Waals surface area contributed by atoms with Crippen LogP contribution in [0.4, 0.5) is 10.3 Å². The number of halogens is 1. The quantitative estimate of drug-likeness (QED) is 0.790. The number of imidazole rings is 1. The number of anilines is 1. The topological polar surface area (TPSA) is 51.5 Å². The molecule has 1 aromatic carbocycles. The van der Waals surface area contributed by atoms with Crippen molar-refractivity contribution in [3.63, 3.8) is 0 Å². The maximum absolute atomic E-state index is 14.3. The van der Waals surface area contributed by atoms with Crippen molar-refractivity contribution in [2.45, 2.75) is 38.6 Å². The van der Waals surface area contributed by atoms with E-state index in [1.807, 2.05) is 23.7 Å². The third-order valence-corrected chi connectivity index (χ3v) is 5.02. The molecule has 0 spiro atoms. The molecule has 0 saturated heterocycles. The van der Waals surface area contributed by atoms with E-state index in [1.54, 1.807) is 6.07 Å². The molecule has 1 saturated carbocycles. The minimum absolute atomic E-state index is 0.204. The predicted octanol–water partition coefficient (Wildman–Crippen LogP) is 3.60. The highest BCUT2D eigenvalue weighted by atomic mass is 19.1. The molecule has 3 heterocycles. The number of aryl methyl sites for hydroxylation is 1. The minimum Gasteiger partial charge on any atom is -0.493 e. The third-order valence-electron chi connectivity index (χ3n) is 5.02. The molecule has 0 radical (unpaired) electrons. The van der Waals surface area contributed by atoms with Gasteiger partial charge in [-0.25, -0.2) is 14.4 Å². The lowest BCUT2D eigenvalue weighted by molar-refractivity contribution is 0.356. The molecule has 128 valence electrons. The van der Waals surface area contributed by atoms with Crippen LogP contribution in [0.2, 0.25) is 0 Å². The highest BCUT2D eigenvalue weighted by Crippen LogP contribution is 2.41. The fourth-order valence-electron chi connectivity index (χ4n) is 3.60. The molecule has 3 aromatic rings. The lowest BCUT2D eigenvalue weighted by atomic mass is 10.0. The van der Waals surface area contributed by atoms with Crippen LogP contribution in [0.1, 0.15) is 41.1 Å². The summed E-state index contributed by atoms with van der Waals surface area (Å²) in [4.78, 5) is 9.23. The first-order valence-corrected chi connectivity index (χ1v) is 8.72. The molecule has 1 aliphatic heterocycles. The molecule has 2 aliphatic rings. The summed E-state index contributed by atoms with van der Waals surface area (Å²) in [6.45, 7) is 2.97. The van der Waals surface area contributed by atoms with Crippen molar-refractivity contribution in [1.29, 1.82) is 0 Å². The van der Waals surface area contributed by atoms with E-state index in [-0.39, 0.29) is 5.82 Å². The highest BCUT2D eigenvalue weighted by Gasteiger charge is 2.28. The Morgan fingerprint density at radius 1 is 1.36 bits per heavy atom. The van der Waals surface area contributed by atoms with Gasteiger partial charge in [0, 0.05) is 42.0 Å². The highest BCUT2D eigenvalue weighted by molar-refractivity contribution is 5.56. The van der Waals surface area contributed by atoms with Gasteiger partial charge in [-0.05, 0) is 37.8 Å². The van der Waals surface area contributed by atoms with Crippen molar-refractivity contribution in [2.24, 2.45) is 0 Å². The van der Waals surface area contributed by atoms with Crippen LogP contribution in [-0.2, 0) is 13.0 Å². The standard InChI is InChI=1S/C19H19FN4O/c1-11-10-24-18(23-11)14(12-2-3-12)8-21-19(24)22-9-15-13-6-7-25-17(13)5-4-16(15)20/h4-5,8,10,12H,2-3,6-7,9H2,1H3,(H,21,22). The van der Waals surface area contributed by atoms with Crippen molar-refractivity contribution < 1.29 is 9.13 Å². The summed E-state index contributed by atoms with van der Waals surface area (Å²) in [7, 11) is 0. The number of aromatic nitrogens is 3. The number of hydrogen-bond donors (Lipinski definition) is 1.